The lowest BCUT2D eigenvalue weighted by molar-refractivity contribution is -0.384. The van der Waals surface area contributed by atoms with Crippen LogP contribution in [0, 0.1) is 10.1 Å². The number of nitrogens with zero attached hydrogens (tertiary/aromatic N) is 4. The summed E-state index contributed by atoms with van der Waals surface area (Å²) < 4.78 is 0. The molecule has 0 N–H and O–H groups in total. The van der Waals surface area contributed by atoms with Gasteiger partial charge >= 0.3 is 0 Å². The van der Waals surface area contributed by atoms with Crippen LogP contribution in [0.25, 0.3) is 22.3 Å². The monoisotopic (exact) mass is 382 g/mol. The quantitative estimate of drug-likeness (QED) is 0.333. The highest BCUT2D eigenvalue weighted by Crippen LogP contribution is 2.28. The molecular formula is C20H19ClN4O2. The molecule has 138 valence electrons. The van der Waals surface area contributed by atoms with Crippen LogP contribution in [0.4, 0.5) is 11.5 Å². The fraction of sp³-hybridized carbons (Fsp3) is 0.100. The molecule has 0 saturated carbocycles. The third-order valence-corrected chi connectivity index (χ3v) is 3.92. The van der Waals surface area contributed by atoms with E-state index in [1.54, 1.807) is 12.1 Å². The number of fused-ring (bicyclic) bond motifs is 1. The Morgan fingerprint density at radius 2 is 1.63 bits per heavy atom. The second kappa shape index (κ2) is 8.91. The molecule has 0 amide bonds. The predicted molar refractivity (Wildman–Crippen MR) is 111 cm³/mol. The normalized spacial score (nSPS) is 10.1. The summed E-state index contributed by atoms with van der Waals surface area (Å²) in [5.41, 5.74) is 1.57. The molecule has 0 fully saturated rings. The van der Waals surface area contributed by atoms with Crippen molar-refractivity contribution in [3.05, 3.63) is 84.0 Å². The highest BCUT2D eigenvalue weighted by Gasteiger charge is 2.14. The van der Waals surface area contributed by atoms with Gasteiger partial charge in [-0.1, -0.05) is 24.3 Å². The Morgan fingerprint density at radius 3 is 2.22 bits per heavy atom. The van der Waals surface area contributed by atoms with Gasteiger partial charge in [-0.3, -0.25) is 10.1 Å². The van der Waals surface area contributed by atoms with E-state index in [4.69, 9.17) is 4.98 Å². The molecule has 0 spiro atoms. The van der Waals surface area contributed by atoms with Crippen LogP contribution in [-0.2, 0) is 0 Å². The summed E-state index contributed by atoms with van der Waals surface area (Å²) in [6.45, 7) is 8.86. The van der Waals surface area contributed by atoms with E-state index in [-0.39, 0.29) is 18.1 Å². The van der Waals surface area contributed by atoms with E-state index in [2.05, 4.69) is 23.0 Å². The zero-order valence-electron chi connectivity index (χ0n) is 14.6. The van der Waals surface area contributed by atoms with Gasteiger partial charge in [0.05, 0.1) is 10.4 Å². The van der Waals surface area contributed by atoms with Gasteiger partial charge in [0.25, 0.3) is 5.69 Å². The van der Waals surface area contributed by atoms with Gasteiger partial charge in [-0.2, -0.15) is 0 Å². The minimum Gasteiger partial charge on any atom is -0.349 e. The highest BCUT2D eigenvalue weighted by atomic mass is 35.5. The number of nitro benzene ring substituents is 1. The average Bonchev–Trinajstić information content (AvgIpc) is 2.67. The maximum absolute atomic E-state index is 10.9. The molecule has 0 radical (unpaired) electrons. The topological polar surface area (TPSA) is 72.2 Å². The summed E-state index contributed by atoms with van der Waals surface area (Å²) >= 11 is 0. The molecular weight excluding hydrogens is 364 g/mol. The minimum absolute atomic E-state index is 0. The molecule has 0 aliphatic carbocycles. The van der Waals surface area contributed by atoms with Crippen molar-refractivity contribution in [3.63, 3.8) is 0 Å². The molecule has 0 bridgehead atoms. The van der Waals surface area contributed by atoms with E-state index in [9.17, 15) is 10.1 Å². The van der Waals surface area contributed by atoms with E-state index in [1.165, 1.54) is 12.1 Å². The Morgan fingerprint density at radius 1 is 1.00 bits per heavy atom. The van der Waals surface area contributed by atoms with Gasteiger partial charge in [-0.05, 0) is 24.3 Å². The van der Waals surface area contributed by atoms with Gasteiger partial charge in [0.2, 0.25) is 0 Å². The molecule has 6 nitrogen and oxygen atoms in total. The first-order chi connectivity index (χ1) is 12.6. The van der Waals surface area contributed by atoms with Crippen molar-refractivity contribution in [1.29, 1.82) is 0 Å². The molecule has 3 aromatic rings. The fourth-order valence-corrected chi connectivity index (χ4v) is 2.72. The van der Waals surface area contributed by atoms with Crippen molar-refractivity contribution in [2.45, 2.75) is 0 Å². The van der Waals surface area contributed by atoms with Crippen LogP contribution >= 0.6 is 12.4 Å². The van der Waals surface area contributed by atoms with Gasteiger partial charge in [0.15, 0.2) is 5.82 Å². The van der Waals surface area contributed by atoms with Crippen LogP contribution in [-0.4, -0.2) is 28.0 Å². The van der Waals surface area contributed by atoms with Crippen molar-refractivity contribution in [2.75, 3.05) is 18.0 Å². The lowest BCUT2D eigenvalue weighted by atomic mass is 10.1. The summed E-state index contributed by atoms with van der Waals surface area (Å²) in [4.78, 5) is 21.8. The number of benzene rings is 2. The Labute approximate surface area is 163 Å². The van der Waals surface area contributed by atoms with Crippen molar-refractivity contribution < 1.29 is 4.92 Å². The molecule has 0 saturated heterocycles. The smallest absolute Gasteiger partial charge is 0.269 e. The number of para-hydroxylation sites is 1. The number of nitro groups is 1. The number of rotatable bonds is 7. The number of hydrogen-bond donors (Lipinski definition) is 0. The van der Waals surface area contributed by atoms with E-state index in [0.717, 1.165) is 22.3 Å². The number of hydrogen-bond acceptors (Lipinski definition) is 5. The molecule has 2 aromatic carbocycles. The fourth-order valence-electron chi connectivity index (χ4n) is 2.72. The lowest BCUT2D eigenvalue weighted by Crippen LogP contribution is -2.24. The van der Waals surface area contributed by atoms with Gasteiger partial charge in [0, 0.05) is 36.2 Å². The molecule has 0 aliphatic heterocycles. The second-order valence-electron chi connectivity index (χ2n) is 5.67. The number of anilines is 1. The van der Waals surface area contributed by atoms with Crippen LogP contribution in [0.3, 0.4) is 0 Å². The summed E-state index contributed by atoms with van der Waals surface area (Å²) in [7, 11) is 0. The molecule has 1 heterocycles. The second-order valence-corrected chi connectivity index (χ2v) is 5.67. The Kier molecular flexibility index (Phi) is 6.62. The molecule has 27 heavy (non-hydrogen) atoms. The Bertz CT molecular complexity index is 963. The third-order valence-electron chi connectivity index (χ3n) is 3.92. The maximum Gasteiger partial charge on any atom is 0.269 e. The van der Waals surface area contributed by atoms with E-state index < -0.39 is 4.92 Å². The van der Waals surface area contributed by atoms with Crippen LogP contribution in [0.1, 0.15) is 0 Å². The largest absolute Gasteiger partial charge is 0.349 e. The first-order valence-corrected chi connectivity index (χ1v) is 8.12. The van der Waals surface area contributed by atoms with Crippen molar-refractivity contribution >= 4 is 34.8 Å². The van der Waals surface area contributed by atoms with Crippen molar-refractivity contribution in [2.24, 2.45) is 0 Å². The summed E-state index contributed by atoms with van der Waals surface area (Å²) in [6, 6.07) is 14.0. The first-order valence-electron chi connectivity index (χ1n) is 8.12. The zero-order chi connectivity index (χ0) is 18.5. The zero-order valence-corrected chi connectivity index (χ0v) is 15.4. The Balaban J connectivity index is 0.00000261. The summed E-state index contributed by atoms with van der Waals surface area (Å²) in [5, 5.41) is 11.8. The number of aromatic nitrogens is 2. The van der Waals surface area contributed by atoms with Crippen LogP contribution in [0.15, 0.2) is 73.8 Å². The molecule has 3 rings (SSSR count). The lowest BCUT2D eigenvalue weighted by Gasteiger charge is -2.22. The van der Waals surface area contributed by atoms with Gasteiger partial charge in [0.1, 0.15) is 5.82 Å². The van der Waals surface area contributed by atoms with E-state index >= 15 is 0 Å². The predicted octanol–water partition coefficient (Wildman–Crippen LogP) is 4.81. The van der Waals surface area contributed by atoms with Crippen molar-refractivity contribution in [3.8, 4) is 11.4 Å². The van der Waals surface area contributed by atoms with Crippen LogP contribution in [0.2, 0.25) is 0 Å². The molecule has 0 atom stereocenters. The molecule has 1 aromatic heterocycles. The standard InChI is InChI=1S/C20H18N4O2.ClH/c1-3-13-23(14-4-2)20-17-7-5-6-8-18(17)21-19(22-20)15-9-11-16(12-10-15)24(25)26;/h3-12H,1-2,13-14H2;1H. The third kappa shape index (κ3) is 4.30. The summed E-state index contributed by atoms with van der Waals surface area (Å²) in [6.07, 6.45) is 3.62. The average molecular weight is 383 g/mol. The molecule has 0 unspecified atom stereocenters. The van der Waals surface area contributed by atoms with Crippen LogP contribution in [0.5, 0.6) is 0 Å². The van der Waals surface area contributed by atoms with Gasteiger partial charge in [-0.15, -0.1) is 25.6 Å². The maximum atomic E-state index is 10.9. The number of non-ortho nitro benzene ring substituents is 1. The van der Waals surface area contributed by atoms with Crippen LogP contribution < -0.4 is 4.90 Å². The Hall–Kier alpha value is -3.25. The van der Waals surface area contributed by atoms with Gasteiger partial charge < -0.3 is 4.90 Å². The highest BCUT2D eigenvalue weighted by molar-refractivity contribution is 5.91. The van der Waals surface area contributed by atoms with Crippen molar-refractivity contribution in [1.82, 2.24) is 9.97 Å². The molecule has 0 aliphatic rings. The minimum atomic E-state index is -0.424. The summed E-state index contributed by atoms with van der Waals surface area (Å²) in [5.74, 6) is 1.30. The van der Waals surface area contributed by atoms with E-state index in [0.29, 0.717) is 18.9 Å². The molecule has 7 heteroatoms. The SMILES string of the molecule is C=CCN(CC=C)c1nc(-c2ccc([N+](=O)[O-])cc2)nc2ccccc12.Cl. The first kappa shape index (κ1) is 20.1. The number of halogens is 1. The van der Waals surface area contributed by atoms with E-state index in [1.807, 2.05) is 36.4 Å². The van der Waals surface area contributed by atoms with Gasteiger partial charge in [-0.25, -0.2) is 9.97 Å².